The van der Waals surface area contributed by atoms with Crippen molar-refractivity contribution in [1.29, 1.82) is 0 Å². The fraction of sp³-hybridized carbons (Fsp3) is 0.188. The van der Waals surface area contributed by atoms with Crippen LogP contribution in [0.25, 0.3) is 0 Å². The third-order valence-corrected chi connectivity index (χ3v) is 3.80. The Bertz CT molecular complexity index is 609. The second kappa shape index (κ2) is 4.43. The molecule has 0 saturated carbocycles. The van der Waals surface area contributed by atoms with E-state index in [2.05, 4.69) is 11.4 Å². The number of para-hydroxylation sites is 1. The Hall–Kier alpha value is -2.29. The molecule has 0 fully saturated rings. The van der Waals surface area contributed by atoms with E-state index < -0.39 is 5.54 Å². The van der Waals surface area contributed by atoms with Gasteiger partial charge in [-0.1, -0.05) is 42.5 Å². The Morgan fingerprint density at radius 3 is 2.47 bits per heavy atom. The van der Waals surface area contributed by atoms with E-state index in [0.29, 0.717) is 6.42 Å². The van der Waals surface area contributed by atoms with E-state index in [9.17, 15) is 4.79 Å². The minimum Gasteiger partial charge on any atom is -0.368 e. The minimum atomic E-state index is -0.780. The van der Waals surface area contributed by atoms with Gasteiger partial charge in [0, 0.05) is 5.69 Å². The Morgan fingerprint density at radius 2 is 1.74 bits per heavy atom. The van der Waals surface area contributed by atoms with E-state index >= 15 is 0 Å². The second-order valence-electron chi connectivity index (χ2n) is 4.92. The molecule has 3 nitrogen and oxygen atoms in total. The van der Waals surface area contributed by atoms with Crippen LogP contribution >= 0.6 is 0 Å². The molecule has 3 N–H and O–H groups in total. The van der Waals surface area contributed by atoms with Crippen LogP contribution in [-0.2, 0) is 16.8 Å². The van der Waals surface area contributed by atoms with Gasteiger partial charge in [0.05, 0.1) is 0 Å². The highest BCUT2D eigenvalue weighted by Crippen LogP contribution is 2.39. The molecule has 1 unspecified atom stereocenters. The van der Waals surface area contributed by atoms with Gasteiger partial charge in [0.1, 0.15) is 5.54 Å². The predicted octanol–water partition coefficient (Wildman–Crippen LogP) is 2.43. The third-order valence-electron chi connectivity index (χ3n) is 3.80. The Balaban J connectivity index is 2.05. The summed E-state index contributed by atoms with van der Waals surface area (Å²) < 4.78 is 0. The van der Waals surface area contributed by atoms with E-state index in [1.807, 2.05) is 48.5 Å². The standard InChI is InChI=1S/C16H16N2O/c17-15(19)16(18-13-7-2-1-3-8-13)11-10-12-6-4-5-9-14(12)16/h1-9,18H,10-11H2,(H2,17,19). The summed E-state index contributed by atoms with van der Waals surface area (Å²) in [5, 5.41) is 3.34. The highest BCUT2D eigenvalue weighted by Gasteiger charge is 2.43. The van der Waals surface area contributed by atoms with E-state index in [0.717, 1.165) is 17.7 Å². The normalized spacial score (nSPS) is 20.8. The fourth-order valence-corrected chi connectivity index (χ4v) is 2.83. The van der Waals surface area contributed by atoms with Crippen molar-refractivity contribution >= 4 is 11.6 Å². The number of carbonyl (C=O) groups excluding carboxylic acids is 1. The minimum absolute atomic E-state index is 0.318. The molecule has 0 aliphatic heterocycles. The molecule has 3 heteroatoms. The van der Waals surface area contributed by atoms with Crippen LogP contribution < -0.4 is 11.1 Å². The topological polar surface area (TPSA) is 55.1 Å². The molecule has 0 bridgehead atoms. The average molecular weight is 252 g/mol. The van der Waals surface area contributed by atoms with Crippen molar-refractivity contribution in [2.45, 2.75) is 18.4 Å². The Labute approximate surface area is 112 Å². The van der Waals surface area contributed by atoms with Crippen LogP contribution in [0, 0.1) is 0 Å². The maximum absolute atomic E-state index is 12.1. The van der Waals surface area contributed by atoms with Gasteiger partial charge in [-0.2, -0.15) is 0 Å². The van der Waals surface area contributed by atoms with Crippen molar-refractivity contribution in [2.75, 3.05) is 5.32 Å². The molecular weight excluding hydrogens is 236 g/mol. The molecule has 2 aromatic rings. The van der Waals surface area contributed by atoms with Crippen LogP contribution in [0.1, 0.15) is 17.5 Å². The molecule has 1 aliphatic rings. The number of rotatable bonds is 3. The molecule has 19 heavy (non-hydrogen) atoms. The molecule has 3 rings (SSSR count). The lowest BCUT2D eigenvalue weighted by Gasteiger charge is -2.29. The molecule has 0 aromatic heterocycles. The van der Waals surface area contributed by atoms with Gasteiger partial charge in [-0.05, 0) is 36.1 Å². The summed E-state index contributed by atoms with van der Waals surface area (Å²) in [7, 11) is 0. The average Bonchev–Trinajstić information content (AvgIpc) is 2.81. The molecule has 0 spiro atoms. The lowest BCUT2D eigenvalue weighted by molar-refractivity contribution is -0.122. The molecule has 0 radical (unpaired) electrons. The number of anilines is 1. The summed E-state index contributed by atoms with van der Waals surface area (Å²) in [6.07, 6.45) is 1.58. The Morgan fingerprint density at radius 1 is 1.05 bits per heavy atom. The smallest absolute Gasteiger partial charge is 0.247 e. The number of fused-ring (bicyclic) bond motifs is 1. The van der Waals surface area contributed by atoms with Gasteiger partial charge in [0.2, 0.25) is 5.91 Å². The van der Waals surface area contributed by atoms with E-state index in [1.165, 1.54) is 5.56 Å². The number of benzene rings is 2. The molecule has 2 aromatic carbocycles. The highest BCUT2D eigenvalue weighted by molar-refractivity contribution is 5.90. The van der Waals surface area contributed by atoms with E-state index in [-0.39, 0.29) is 5.91 Å². The molecule has 96 valence electrons. The molecule has 1 amide bonds. The number of primary amides is 1. The molecule has 1 atom stereocenters. The first-order valence-electron chi connectivity index (χ1n) is 6.44. The summed E-state index contributed by atoms with van der Waals surface area (Å²) in [5.74, 6) is -0.318. The van der Waals surface area contributed by atoms with Gasteiger partial charge < -0.3 is 11.1 Å². The maximum Gasteiger partial charge on any atom is 0.247 e. The van der Waals surface area contributed by atoms with Gasteiger partial charge in [-0.25, -0.2) is 0 Å². The fourth-order valence-electron chi connectivity index (χ4n) is 2.83. The van der Waals surface area contributed by atoms with Gasteiger partial charge in [0.25, 0.3) is 0 Å². The number of nitrogens with two attached hydrogens (primary N) is 1. The number of carbonyl (C=O) groups is 1. The number of hydrogen-bond donors (Lipinski definition) is 2. The van der Waals surface area contributed by atoms with Crippen LogP contribution in [-0.4, -0.2) is 5.91 Å². The zero-order valence-electron chi connectivity index (χ0n) is 10.6. The predicted molar refractivity (Wildman–Crippen MR) is 75.7 cm³/mol. The van der Waals surface area contributed by atoms with Crippen molar-refractivity contribution in [3.05, 3.63) is 65.7 Å². The van der Waals surface area contributed by atoms with Crippen molar-refractivity contribution < 1.29 is 4.79 Å². The van der Waals surface area contributed by atoms with Crippen LogP contribution in [0.15, 0.2) is 54.6 Å². The van der Waals surface area contributed by atoms with Gasteiger partial charge in [-0.15, -0.1) is 0 Å². The van der Waals surface area contributed by atoms with Gasteiger partial charge >= 0.3 is 0 Å². The number of amides is 1. The largest absolute Gasteiger partial charge is 0.368 e. The van der Waals surface area contributed by atoms with Gasteiger partial charge in [-0.3, -0.25) is 4.79 Å². The summed E-state index contributed by atoms with van der Waals surface area (Å²) >= 11 is 0. The summed E-state index contributed by atoms with van der Waals surface area (Å²) in [6.45, 7) is 0. The lowest BCUT2D eigenvalue weighted by atomic mass is 9.90. The number of hydrogen-bond acceptors (Lipinski definition) is 2. The van der Waals surface area contributed by atoms with E-state index in [4.69, 9.17) is 5.73 Å². The van der Waals surface area contributed by atoms with Crippen LogP contribution in [0.2, 0.25) is 0 Å². The molecule has 0 heterocycles. The molecule has 0 saturated heterocycles. The van der Waals surface area contributed by atoms with E-state index in [1.54, 1.807) is 0 Å². The summed E-state index contributed by atoms with van der Waals surface area (Å²) in [6, 6.07) is 17.7. The van der Waals surface area contributed by atoms with Crippen molar-refractivity contribution in [3.63, 3.8) is 0 Å². The highest BCUT2D eigenvalue weighted by atomic mass is 16.1. The van der Waals surface area contributed by atoms with Crippen LogP contribution in [0.4, 0.5) is 5.69 Å². The first-order chi connectivity index (χ1) is 9.22. The number of aryl methyl sites for hydroxylation is 1. The van der Waals surface area contributed by atoms with Crippen molar-refractivity contribution in [3.8, 4) is 0 Å². The maximum atomic E-state index is 12.1. The second-order valence-corrected chi connectivity index (χ2v) is 4.92. The first kappa shape index (κ1) is 11.8. The number of nitrogens with one attached hydrogen (secondary N) is 1. The van der Waals surface area contributed by atoms with Crippen LogP contribution in [0.3, 0.4) is 0 Å². The molecule has 1 aliphatic carbocycles. The zero-order chi connectivity index (χ0) is 13.3. The quantitative estimate of drug-likeness (QED) is 0.881. The van der Waals surface area contributed by atoms with Crippen molar-refractivity contribution in [1.82, 2.24) is 0 Å². The summed E-state index contributed by atoms with van der Waals surface area (Å²) in [5.41, 5.74) is 8.03. The monoisotopic (exact) mass is 252 g/mol. The lowest BCUT2D eigenvalue weighted by Crippen LogP contribution is -2.46. The van der Waals surface area contributed by atoms with Gasteiger partial charge in [0.15, 0.2) is 0 Å². The Kier molecular flexibility index (Phi) is 2.75. The first-order valence-corrected chi connectivity index (χ1v) is 6.44. The summed E-state index contributed by atoms with van der Waals surface area (Å²) in [4.78, 5) is 12.1. The molecular formula is C16H16N2O. The zero-order valence-corrected chi connectivity index (χ0v) is 10.6. The van der Waals surface area contributed by atoms with Crippen LogP contribution in [0.5, 0.6) is 0 Å². The van der Waals surface area contributed by atoms with Crippen molar-refractivity contribution in [2.24, 2.45) is 5.73 Å². The third kappa shape index (κ3) is 1.87. The SMILES string of the molecule is NC(=O)C1(Nc2ccccc2)CCc2ccccc21.